The number of ether oxygens (including phenoxy) is 2. The summed E-state index contributed by atoms with van der Waals surface area (Å²) < 4.78 is 81.5. The number of amides is 1. The molecular formula is C36H33F5N2O5. The van der Waals surface area contributed by atoms with Gasteiger partial charge in [0.25, 0.3) is 5.91 Å². The van der Waals surface area contributed by atoms with Gasteiger partial charge in [0.2, 0.25) is 5.82 Å². The Balaban J connectivity index is 1.16. The first kappa shape index (κ1) is 33.7. The predicted octanol–water partition coefficient (Wildman–Crippen LogP) is 6.08. The van der Waals surface area contributed by atoms with Gasteiger partial charge in [0.05, 0.1) is 24.9 Å². The Morgan fingerprint density at radius 3 is 2.12 bits per heavy atom. The van der Waals surface area contributed by atoms with Crippen LogP contribution in [0.15, 0.2) is 72.8 Å². The molecule has 252 valence electrons. The molecule has 4 aromatic rings. The minimum Gasteiger partial charge on any atom is -0.392 e. The van der Waals surface area contributed by atoms with Crippen LogP contribution in [-0.2, 0) is 22.6 Å². The van der Waals surface area contributed by atoms with Crippen LogP contribution in [0.25, 0.3) is 11.1 Å². The third-order valence-electron chi connectivity index (χ3n) is 8.66. The van der Waals surface area contributed by atoms with Gasteiger partial charge in [0.15, 0.2) is 29.6 Å². The molecule has 2 aliphatic heterocycles. The molecule has 6 rings (SSSR count). The first-order chi connectivity index (χ1) is 23.1. The SMILES string of the molecule is O=C(NCc1cccc(-c2ccc([C@@H]3O[C@H](CN4CC[C@H](O)C4)C[C@H](c4ccc(CO)cc4)O3)cc2)c1)c1c(F)c(F)c(F)c(F)c1F. The van der Waals surface area contributed by atoms with Gasteiger partial charge in [0, 0.05) is 38.2 Å². The summed E-state index contributed by atoms with van der Waals surface area (Å²) in [7, 11) is 0. The van der Waals surface area contributed by atoms with Gasteiger partial charge in [-0.25, -0.2) is 22.0 Å². The third kappa shape index (κ3) is 7.27. The standard InChI is InChI=1S/C36H33F5N2O5/c37-30-29(31(38)33(40)34(41)32(30)39)35(46)42-16-21-2-1-3-25(14-21)22-8-10-24(11-9-22)36-47-27(18-43-13-12-26(45)17-43)15-28(48-36)23-6-4-20(19-44)5-7-23/h1-11,14,26-28,36,44-45H,12-13,15-19H2,(H,42,46)/t26-,27-,28+,36+/m0/s1. The summed E-state index contributed by atoms with van der Waals surface area (Å²) in [5.41, 5.74) is 3.09. The van der Waals surface area contributed by atoms with E-state index in [0.717, 1.165) is 40.8 Å². The lowest BCUT2D eigenvalue weighted by molar-refractivity contribution is -0.252. The maximum absolute atomic E-state index is 14.1. The molecule has 2 fully saturated rings. The number of rotatable bonds is 9. The Bertz CT molecular complexity index is 1740. The highest BCUT2D eigenvalue weighted by Gasteiger charge is 2.34. The molecule has 4 aromatic carbocycles. The van der Waals surface area contributed by atoms with Crippen molar-refractivity contribution in [1.82, 2.24) is 10.2 Å². The number of likely N-dealkylation sites (tertiary alicyclic amines) is 1. The second-order valence-electron chi connectivity index (χ2n) is 12.0. The van der Waals surface area contributed by atoms with Gasteiger partial charge >= 0.3 is 0 Å². The number of carbonyl (C=O) groups is 1. The molecule has 0 spiro atoms. The molecule has 48 heavy (non-hydrogen) atoms. The zero-order valence-electron chi connectivity index (χ0n) is 25.6. The molecule has 3 N–H and O–H groups in total. The molecule has 0 bridgehead atoms. The Morgan fingerprint density at radius 1 is 0.812 bits per heavy atom. The van der Waals surface area contributed by atoms with Crippen molar-refractivity contribution in [1.29, 1.82) is 0 Å². The summed E-state index contributed by atoms with van der Waals surface area (Å²) in [6.45, 7) is 1.74. The summed E-state index contributed by atoms with van der Waals surface area (Å²) in [4.78, 5) is 14.6. The smallest absolute Gasteiger partial charge is 0.257 e. The highest BCUT2D eigenvalue weighted by Crippen LogP contribution is 2.39. The zero-order chi connectivity index (χ0) is 33.9. The van der Waals surface area contributed by atoms with Crippen LogP contribution in [0.1, 0.15) is 57.8 Å². The van der Waals surface area contributed by atoms with E-state index in [9.17, 15) is 37.0 Å². The van der Waals surface area contributed by atoms with Crippen LogP contribution < -0.4 is 5.32 Å². The van der Waals surface area contributed by atoms with Crippen molar-refractivity contribution in [2.24, 2.45) is 0 Å². The molecule has 0 aromatic heterocycles. The van der Waals surface area contributed by atoms with Crippen LogP contribution >= 0.6 is 0 Å². The molecule has 12 heteroatoms. The van der Waals surface area contributed by atoms with Gasteiger partial charge < -0.3 is 25.0 Å². The van der Waals surface area contributed by atoms with Crippen molar-refractivity contribution in [3.05, 3.63) is 130 Å². The van der Waals surface area contributed by atoms with E-state index >= 15 is 0 Å². The highest BCUT2D eigenvalue weighted by atomic mass is 19.2. The van der Waals surface area contributed by atoms with E-state index in [2.05, 4.69) is 10.2 Å². The van der Waals surface area contributed by atoms with Gasteiger partial charge in [-0.3, -0.25) is 9.69 Å². The zero-order valence-corrected chi connectivity index (χ0v) is 25.6. The first-order valence-corrected chi connectivity index (χ1v) is 15.5. The fourth-order valence-corrected chi connectivity index (χ4v) is 6.07. The second kappa shape index (κ2) is 14.5. The van der Waals surface area contributed by atoms with Gasteiger partial charge in [0.1, 0.15) is 5.56 Å². The largest absolute Gasteiger partial charge is 0.392 e. The molecule has 2 saturated heterocycles. The van der Waals surface area contributed by atoms with E-state index in [0.29, 0.717) is 25.1 Å². The summed E-state index contributed by atoms with van der Waals surface area (Å²) in [5.74, 6) is -12.6. The van der Waals surface area contributed by atoms with Crippen molar-refractivity contribution in [2.45, 2.75) is 50.6 Å². The van der Waals surface area contributed by atoms with E-state index < -0.39 is 46.8 Å². The highest BCUT2D eigenvalue weighted by molar-refractivity contribution is 5.94. The van der Waals surface area contributed by atoms with Crippen LogP contribution in [0.4, 0.5) is 22.0 Å². The molecule has 0 saturated carbocycles. The Hall–Kier alpha value is -4.20. The average Bonchev–Trinajstić information content (AvgIpc) is 3.53. The monoisotopic (exact) mass is 668 g/mol. The lowest BCUT2D eigenvalue weighted by Crippen LogP contribution is -2.38. The van der Waals surface area contributed by atoms with Gasteiger partial charge in [-0.05, 0) is 40.3 Å². The molecule has 0 radical (unpaired) electrons. The van der Waals surface area contributed by atoms with Crippen molar-refractivity contribution >= 4 is 5.91 Å². The van der Waals surface area contributed by atoms with E-state index in [1.165, 1.54) is 0 Å². The molecule has 1 amide bonds. The Labute approximate surface area is 273 Å². The maximum atomic E-state index is 14.1. The third-order valence-corrected chi connectivity index (χ3v) is 8.66. The second-order valence-corrected chi connectivity index (χ2v) is 12.0. The Kier molecular flexibility index (Phi) is 10.2. The first-order valence-electron chi connectivity index (χ1n) is 15.5. The molecule has 7 nitrogen and oxygen atoms in total. The number of halogens is 5. The summed E-state index contributed by atoms with van der Waals surface area (Å²) in [6, 6.07) is 22.0. The normalized spacial score (nSPS) is 21.4. The summed E-state index contributed by atoms with van der Waals surface area (Å²) in [6.07, 6.45) is -0.0961. The van der Waals surface area contributed by atoms with Crippen LogP contribution in [-0.4, -0.2) is 52.9 Å². The molecule has 0 unspecified atom stereocenters. The number of hydrogen-bond donors (Lipinski definition) is 3. The quantitative estimate of drug-likeness (QED) is 0.114. The van der Waals surface area contributed by atoms with E-state index in [-0.39, 0.29) is 31.5 Å². The van der Waals surface area contributed by atoms with Crippen LogP contribution in [0, 0.1) is 29.1 Å². The number of aliphatic hydroxyl groups excluding tert-OH is 2. The predicted molar refractivity (Wildman–Crippen MR) is 165 cm³/mol. The van der Waals surface area contributed by atoms with Crippen LogP contribution in [0.3, 0.4) is 0 Å². The summed E-state index contributed by atoms with van der Waals surface area (Å²) >= 11 is 0. The fourth-order valence-electron chi connectivity index (χ4n) is 6.07. The van der Waals surface area contributed by atoms with Crippen LogP contribution in [0.5, 0.6) is 0 Å². The number of nitrogens with zero attached hydrogens (tertiary/aromatic N) is 1. The maximum Gasteiger partial charge on any atom is 0.257 e. The molecule has 2 aliphatic rings. The number of hydrogen-bond acceptors (Lipinski definition) is 6. The van der Waals surface area contributed by atoms with Crippen molar-refractivity contribution in [3.63, 3.8) is 0 Å². The molecular weight excluding hydrogens is 635 g/mol. The number of carbonyl (C=O) groups excluding carboxylic acids is 1. The molecule has 4 atom stereocenters. The van der Waals surface area contributed by atoms with E-state index in [1.54, 1.807) is 18.2 Å². The van der Waals surface area contributed by atoms with Crippen LogP contribution in [0.2, 0.25) is 0 Å². The minimum atomic E-state index is -2.34. The Morgan fingerprint density at radius 2 is 1.48 bits per heavy atom. The van der Waals surface area contributed by atoms with Gasteiger partial charge in [-0.2, -0.15) is 0 Å². The van der Waals surface area contributed by atoms with Gasteiger partial charge in [-0.15, -0.1) is 0 Å². The van der Waals surface area contributed by atoms with Crippen molar-refractivity contribution < 1.29 is 46.4 Å². The number of aliphatic hydroxyl groups is 2. The number of β-amino-alcohol motifs (C(OH)–C–C–N with tert-alkyl or cyclic N) is 1. The lowest BCUT2D eigenvalue weighted by atomic mass is 9.99. The fraction of sp³-hybridized carbons (Fsp3) is 0.306. The molecule has 0 aliphatic carbocycles. The van der Waals surface area contributed by atoms with E-state index in [4.69, 9.17) is 9.47 Å². The lowest BCUT2D eigenvalue weighted by Gasteiger charge is -2.37. The van der Waals surface area contributed by atoms with Gasteiger partial charge in [-0.1, -0.05) is 66.7 Å². The summed E-state index contributed by atoms with van der Waals surface area (Å²) in [5, 5.41) is 21.7. The number of benzene rings is 4. The average molecular weight is 669 g/mol. The van der Waals surface area contributed by atoms with Crippen molar-refractivity contribution in [3.8, 4) is 11.1 Å². The molecule has 2 heterocycles. The number of nitrogens with one attached hydrogen (secondary N) is 1. The minimum absolute atomic E-state index is 0.0558. The topological polar surface area (TPSA) is 91.3 Å². The van der Waals surface area contributed by atoms with E-state index in [1.807, 2.05) is 54.6 Å². The van der Waals surface area contributed by atoms with Crippen molar-refractivity contribution in [2.75, 3.05) is 19.6 Å².